The van der Waals surface area contributed by atoms with E-state index in [1.807, 2.05) is 55.1 Å². The van der Waals surface area contributed by atoms with Gasteiger partial charge in [0.15, 0.2) is 0 Å². The molecule has 0 radical (unpaired) electrons. The molecule has 1 N–H and O–H groups in total. The van der Waals surface area contributed by atoms with Gasteiger partial charge < -0.3 is 19.9 Å². The van der Waals surface area contributed by atoms with E-state index in [0.717, 1.165) is 73.2 Å². The molecule has 0 spiro atoms. The van der Waals surface area contributed by atoms with Crippen molar-refractivity contribution in [2.24, 2.45) is 0 Å². The molecule has 2 unspecified atom stereocenters. The van der Waals surface area contributed by atoms with Crippen molar-refractivity contribution in [3.63, 3.8) is 0 Å². The molecule has 8 heteroatoms. The highest BCUT2D eigenvalue weighted by Crippen LogP contribution is 2.32. The minimum Gasteiger partial charge on any atom is -0.496 e. The Morgan fingerprint density at radius 3 is 2.57 bits per heavy atom. The van der Waals surface area contributed by atoms with Gasteiger partial charge in [-0.15, -0.1) is 0 Å². The second-order valence-corrected chi connectivity index (χ2v) is 10.3. The van der Waals surface area contributed by atoms with E-state index in [9.17, 15) is 4.79 Å². The zero-order valence-electron chi connectivity index (χ0n) is 22.2. The van der Waals surface area contributed by atoms with Gasteiger partial charge in [0.2, 0.25) is 5.95 Å². The predicted octanol–water partition coefficient (Wildman–Crippen LogP) is 5.25. The van der Waals surface area contributed by atoms with E-state index in [1.165, 1.54) is 0 Å². The molecular formula is C29H36N6O2. The van der Waals surface area contributed by atoms with E-state index in [-0.39, 0.29) is 11.8 Å². The smallest absolute Gasteiger partial charge is 0.257 e. The fourth-order valence-corrected chi connectivity index (χ4v) is 5.37. The Kier molecular flexibility index (Phi) is 7.26. The van der Waals surface area contributed by atoms with Gasteiger partial charge in [-0.2, -0.15) is 4.98 Å². The molecule has 0 saturated carbocycles. The summed E-state index contributed by atoms with van der Waals surface area (Å²) in [6.45, 7) is 8.57. The third kappa shape index (κ3) is 5.53. The number of methoxy groups -OCH3 is 1. The van der Waals surface area contributed by atoms with Gasteiger partial charge >= 0.3 is 0 Å². The molecule has 4 heterocycles. The standard InChI is InChI=1S/C29H36N6O2/c1-19-9-10-23(25(15-19)37-4)28(36)34-13-6-8-22(18-34)24-17-27(32-26-16-20(2)11-12-30-26)33-29(31-24)35-14-5-7-21(35)3/h9-12,15-17,21-22H,5-8,13-14,18H2,1-4H3,(H,30,31,32,33). The Morgan fingerprint density at radius 1 is 1.00 bits per heavy atom. The quantitative estimate of drug-likeness (QED) is 0.495. The molecule has 2 aliphatic rings. The van der Waals surface area contributed by atoms with Crippen LogP contribution in [0.1, 0.15) is 65.7 Å². The highest BCUT2D eigenvalue weighted by Gasteiger charge is 2.30. The first-order chi connectivity index (χ1) is 17.9. The van der Waals surface area contributed by atoms with Gasteiger partial charge in [-0.25, -0.2) is 9.97 Å². The zero-order valence-corrected chi connectivity index (χ0v) is 22.2. The summed E-state index contributed by atoms with van der Waals surface area (Å²) in [6, 6.07) is 12.2. The number of benzene rings is 1. The van der Waals surface area contributed by atoms with Crippen LogP contribution in [0.3, 0.4) is 0 Å². The Bertz CT molecular complexity index is 1280. The highest BCUT2D eigenvalue weighted by atomic mass is 16.5. The second kappa shape index (κ2) is 10.7. The van der Waals surface area contributed by atoms with Crippen LogP contribution in [0.15, 0.2) is 42.6 Å². The van der Waals surface area contributed by atoms with Crippen molar-refractivity contribution in [2.75, 3.05) is 37.0 Å². The van der Waals surface area contributed by atoms with Gasteiger partial charge in [0.1, 0.15) is 17.4 Å². The summed E-state index contributed by atoms with van der Waals surface area (Å²) in [5.74, 6) is 3.00. The number of aryl methyl sites for hydroxylation is 2. The van der Waals surface area contributed by atoms with Crippen molar-refractivity contribution in [2.45, 2.75) is 58.4 Å². The van der Waals surface area contributed by atoms with Crippen molar-refractivity contribution in [1.82, 2.24) is 19.9 Å². The molecular weight excluding hydrogens is 464 g/mol. The molecule has 2 fully saturated rings. The van der Waals surface area contributed by atoms with Crippen LogP contribution in [-0.4, -0.2) is 58.5 Å². The van der Waals surface area contributed by atoms with E-state index in [4.69, 9.17) is 14.7 Å². The number of hydrogen-bond acceptors (Lipinski definition) is 7. The van der Waals surface area contributed by atoms with Gasteiger partial charge in [0, 0.05) is 43.9 Å². The largest absolute Gasteiger partial charge is 0.496 e. The maximum atomic E-state index is 13.5. The first kappa shape index (κ1) is 25.0. The molecule has 0 aliphatic carbocycles. The average molecular weight is 501 g/mol. The molecule has 1 amide bonds. The Morgan fingerprint density at radius 2 is 1.81 bits per heavy atom. The molecule has 2 aromatic heterocycles. The predicted molar refractivity (Wildman–Crippen MR) is 146 cm³/mol. The monoisotopic (exact) mass is 500 g/mol. The summed E-state index contributed by atoms with van der Waals surface area (Å²) in [4.78, 5) is 32.1. The lowest BCUT2D eigenvalue weighted by Gasteiger charge is -2.33. The first-order valence-corrected chi connectivity index (χ1v) is 13.2. The second-order valence-electron chi connectivity index (χ2n) is 10.3. The number of piperidine rings is 1. The van der Waals surface area contributed by atoms with E-state index < -0.39 is 0 Å². The molecule has 1 aromatic carbocycles. The van der Waals surface area contributed by atoms with Crippen LogP contribution in [0.25, 0.3) is 0 Å². The lowest BCUT2D eigenvalue weighted by Crippen LogP contribution is -2.39. The van der Waals surface area contributed by atoms with Crippen LogP contribution in [0.2, 0.25) is 0 Å². The summed E-state index contributed by atoms with van der Waals surface area (Å²) in [6.07, 6.45) is 5.98. The number of ether oxygens (including phenoxy) is 1. The number of carbonyl (C=O) groups is 1. The topological polar surface area (TPSA) is 83.5 Å². The van der Waals surface area contributed by atoms with Crippen molar-refractivity contribution >= 4 is 23.5 Å². The Labute approximate surface area is 219 Å². The van der Waals surface area contributed by atoms with Crippen LogP contribution >= 0.6 is 0 Å². The number of nitrogens with zero attached hydrogens (tertiary/aromatic N) is 5. The number of aromatic nitrogens is 3. The van der Waals surface area contributed by atoms with E-state index >= 15 is 0 Å². The maximum absolute atomic E-state index is 13.5. The van der Waals surface area contributed by atoms with E-state index in [0.29, 0.717) is 23.9 Å². The van der Waals surface area contributed by atoms with Crippen molar-refractivity contribution < 1.29 is 9.53 Å². The molecule has 2 atom stereocenters. The maximum Gasteiger partial charge on any atom is 0.257 e. The summed E-state index contributed by atoms with van der Waals surface area (Å²) >= 11 is 0. The van der Waals surface area contributed by atoms with Crippen LogP contribution < -0.4 is 15.0 Å². The van der Waals surface area contributed by atoms with Gasteiger partial charge in [-0.05, 0) is 81.8 Å². The molecule has 194 valence electrons. The van der Waals surface area contributed by atoms with Crippen LogP contribution in [-0.2, 0) is 0 Å². The summed E-state index contributed by atoms with van der Waals surface area (Å²) in [5, 5.41) is 3.40. The van der Waals surface area contributed by atoms with Gasteiger partial charge in [-0.1, -0.05) is 6.07 Å². The molecule has 37 heavy (non-hydrogen) atoms. The number of carbonyl (C=O) groups excluding carboxylic acids is 1. The number of nitrogens with one attached hydrogen (secondary N) is 1. The number of amides is 1. The number of pyridine rings is 1. The summed E-state index contributed by atoms with van der Waals surface area (Å²) in [7, 11) is 1.62. The van der Waals surface area contributed by atoms with Crippen LogP contribution in [0, 0.1) is 13.8 Å². The van der Waals surface area contributed by atoms with Crippen molar-refractivity contribution in [3.8, 4) is 5.75 Å². The third-order valence-corrected chi connectivity index (χ3v) is 7.43. The van der Waals surface area contributed by atoms with Gasteiger partial charge in [0.25, 0.3) is 5.91 Å². The normalized spacial score (nSPS) is 19.7. The number of anilines is 3. The molecule has 8 nitrogen and oxygen atoms in total. The molecule has 3 aromatic rings. The van der Waals surface area contributed by atoms with Crippen molar-refractivity contribution in [1.29, 1.82) is 0 Å². The summed E-state index contributed by atoms with van der Waals surface area (Å²) < 4.78 is 5.53. The van der Waals surface area contributed by atoms with E-state index in [2.05, 4.69) is 22.1 Å². The average Bonchev–Trinajstić information content (AvgIpc) is 3.34. The molecule has 0 bridgehead atoms. The Hall–Kier alpha value is -3.68. The molecule has 2 saturated heterocycles. The minimum absolute atomic E-state index is 0.00584. The van der Waals surface area contributed by atoms with Crippen LogP contribution in [0.4, 0.5) is 17.6 Å². The van der Waals surface area contributed by atoms with Crippen molar-refractivity contribution in [3.05, 3.63) is 65.0 Å². The number of hydrogen-bond donors (Lipinski definition) is 1. The van der Waals surface area contributed by atoms with Crippen LogP contribution in [0.5, 0.6) is 5.75 Å². The lowest BCUT2D eigenvalue weighted by atomic mass is 9.93. The highest BCUT2D eigenvalue weighted by molar-refractivity contribution is 5.97. The lowest BCUT2D eigenvalue weighted by molar-refractivity contribution is 0.0702. The fourth-order valence-electron chi connectivity index (χ4n) is 5.37. The van der Waals surface area contributed by atoms with Gasteiger partial charge in [-0.3, -0.25) is 4.79 Å². The SMILES string of the molecule is COc1cc(C)ccc1C(=O)N1CCCC(c2cc(Nc3cc(C)ccn3)nc(N3CCCC3C)n2)C1. The molecule has 5 rings (SSSR count). The zero-order chi connectivity index (χ0) is 25.9. The number of likely N-dealkylation sites (tertiary alicyclic amines) is 1. The third-order valence-electron chi connectivity index (χ3n) is 7.43. The summed E-state index contributed by atoms with van der Waals surface area (Å²) in [5.41, 5.74) is 3.77. The first-order valence-electron chi connectivity index (χ1n) is 13.2. The fraction of sp³-hybridized carbons (Fsp3) is 0.448. The minimum atomic E-state index is 0.00584. The Balaban J connectivity index is 1.44. The number of rotatable bonds is 6. The van der Waals surface area contributed by atoms with Gasteiger partial charge in [0.05, 0.1) is 18.4 Å². The van der Waals surface area contributed by atoms with E-state index in [1.54, 1.807) is 13.3 Å². The molecule has 2 aliphatic heterocycles.